The number of nitrogens with zero attached hydrogens (tertiary/aromatic N) is 1. The first-order valence-corrected chi connectivity index (χ1v) is 7.92. The maximum absolute atomic E-state index is 12.0. The minimum Gasteiger partial charge on any atom is -0.350 e. The number of aromatic nitrogens is 1. The molecule has 0 bridgehead atoms. The van der Waals surface area contributed by atoms with Crippen LogP contribution in [0.2, 0.25) is 10.0 Å². The molecule has 6 heteroatoms. The normalized spacial score (nSPS) is 10.4. The summed E-state index contributed by atoms with van der Waals surface area (Å²) in [6, 6.07) is 8.77. The van der Waals surface area contributed by atoms with Crippen LogP contribution in [0.1, 0.15) is 22.8 Å². The van der Waals surface area contributed by atoms with Gasteiger partial charge in [-0.3, -0.25) is 9.59 Å². The van der Waals surface area contributed by atoms with Crippen LogP contribution >= 0.6 is 23.2 Å². The lowest BCUT2D eigenvalue weighted by Crippen LogP contribution is -2.43. The summed E-state index contributed by atoms with van der Waals surface area (Å²) in [5, 5.41) is 4.01. The van der Waals surface area contributed by atoms with Crippen LogP contribution < -0.4 is 9.88 Å². The average Bonchev–Trinajstić information content (AvgIpc) is 2.49. The van der Waals surface area contributed by atoms with Gasteiger partial charge in [-0.1, -0.05) is 29.3 Å². The van der Waals surface area contributed by atoms with Crippen molar-refractivity contribution in [2.75, 3.05) is 6.54 Å². The van der Waals surface area contributed by atoms with Crippen LogP contribution in [-0.2, 0) is 17.8 Å². The molecule has 1 aromatic carbocycles. The Morgan fingerprint density at radius 1 is 1.22 bits per heavy atom. The number of nitrogens with one attached hydrogen (secondary N) is 1. The second kappa shape index (κ2) is 8.09. The molecule has 23 heavy (non-hydrogen) atoms. The minimum absolute atomic E-state index is 0.0304. The molecule has 1 aromatic heterocycles. The summed E-state index contributed by atoms with van der Waals surface area (Å²) in [5.41, 5.74) is 1.51. The fourth-order valence-electron chi connectivity index (χ4n) is 2.11. The van der Waals surface area contributed by atoms with Gasteiger partial charge in [-0.05, 0) is 37.1 Å². The highest BCUT2D eigenvalue weighted by atomic mass is 35.5. The number of ketones is 1. The van der Waals surface area contributed by atoms with E-state index < -0.39 is 0 Å². The molecule has 4 nitrogen and oxygen atoms in total. The summed E-state index contributed by atoms with van der Waals surface area (Å²) in [5.74, 6) is -0.155. The molecule has 0 aliphatic rings. The Labute approximate surface area is 145 Å². The lowest BCUT2D eigenvalue weighted by Gasteiger charge is -2.06. The highest BCUT2D eigenvalue weighted by Gasteiger charge is 2.11. The third-order valence-corrected chi connectivity index (χ3v) is 3.91. The van der Waals surface area contributed by atoms with Gasteiger partial charge in [0.2, 0.25) is 6.54 Å². The first-order chi connectivity index (χ1) is 11.0. The van der Waals surface area contributed by atoms with Crippen molar-refractivity contribution in [2.45, 2.75) is 19.9 Å². The number of amides is 1. The van der Waals surface area contributed by atoms with Gasteiger partial charge in [-0.25, -0.2) is 0 Å². The summed E-state index contributed by atoms with van der Waals surface area (Å²) < 4.78 is 1.68. The van der Waals surface area contributed by atoms with Gasteiger partial charge in [-0.15, -0.1) is 0 Å². The summed E-state index contributed by atoms with van der Waals surface area (Å²) >= 11 is 11.9. The third-order valence-electron chi connectivity index (χ3n) is 3.32. The number of pyridine rings is 1. The van der Waals surface area contributed by atoms with Crippen molar-refractivity contribution >= 4 is 34.9 Å². The SMILES string of the molecule is CC(=O)c1ccc[n+](CC(=O)NCCc2ccc(Cl)cc2Cl)c1. The van der Waals surface area contributed by atoms with Crippen molar-refractivity contribution in [3.05, 3.63) is 63.9 Å². The van der Waals surface area contributed by atoms with Gasteiger partial charge >= 0.3 is 0 Å². The second-order valence-corrected chi connectivity index (χ2v) is 6.00. The van der Waals surface area contributed by atoms with Gasteiger partial charge in [0.1, 0.15) is 0 Å². The monoisotopic (exact) mass is 351 g/mol. The van der Waals surface area contributed by atoms with Gasteiger partial charge in [-0.2, -0.15) is 4.57 Å². The van der Waals surface area contributed by atoms with Gasteiger partial charge < -0.3 is 5.32 Å². The molecule has 1 N–H and O–H groups in total. The van der Waals surface area contributed by atoms with Crippen molar-refractivity contribution in [2.24, 2.45) is 0 Å². The van der Waals surface area contributed by atoms with E-state index in [0.29, 0.717) is 28.6 Å². The molecule has 0 spiro atoms. The van der Waals surface area contributed by atoms with Gasteiger partial charge in [0.25, 0.3) is 5.91 Å². The second-order valence-electron chi connectivity index (χ2n) is 5.16. The van der Waals surface area contributed by atoms with Gasteiger partial charge in [0.05, 0.1) is 5.56 Å². The number of carbonyl (C=O) groups excluding carboxylic acids is 2. The third kappa shape index (κ3) is 5.34. The first kappa shape index (κ1) is 17.4. The lowest BCUT2D eigenvalue weighted by atomic mass is 10.1. The minimum atomic E-state index is -0.124. The largest absolute Gasteiger partial charge is 0.350 e. The fourth-order valence-corrected chi connectivity index (χ4v) is 2.61. The summed E-state index contributed by atoms with van der Waals surface area (Å²) in [7, 11) is 0. The zero-order chi connectivity index (χ0) is 16.8. The highest BCUT2D eigenvalue weighted by molar-refractivity contribution is 6.35. The zero-order valence-electron chi connectivity index (χ0n) is 12.7. The topological polar surface area (TPSA) is 50.0 Å². The molecular weight excluding hydrogens is 335 g/mol. The summed E-state index contributed by atoms with van der Waals surface area (Å²) in [6.07, 6.45) is 4.04. The van der Waals surface area contributed by atoms with Crippen molar-refractivity contribution in [3.8, 4) is 0 Å². The quantitative estimate of drug-likeness (QED) is 0.642. The predicted octanol–water partition coefficient (Wildman–Crippen LogP) is 2.84. The van der Waals surface area contributed by atoms with Crippen LogP contribution in [0.15, 0.2) is 42.7 Å². The first-order valence-electron chi connectivity index (χ1n) is 7.16. The van der Waals surface area contributed by atoms with E-state index >= 15 is 0 Å². The van der Waals surface area contributed by atoms with Crippen molar-refractivity contribution < 1.29 is 14.2 Å². The Bertz CT molecular complexity index is 732. The average molecular weight is 352 g/mol. The van der Waals surface area contributed by atoms with Gasteiger partial charge in [0, 0.05) is 22.7 Å². The molecule has 2 rings (SSSR count). The molecule has 0 aliphatic heterocycles. The molecule has 1 heterocycles. The van der Waals surface area contributed by atoms with Crippen LogP contribution in [0.4, 0.5) is 0 Å². The van der Waals surface area contributed by atoms with Crippen molar-refractivity contribution in [1.29, 1.82) is 0 Å². The van der Waals surface area contributed by atoms with E-state index in [1.54, 1.807) is 41.2 Å². The zero-order valence-corrected chi connectivity index (χ0v) is 14.2. The number of Topliss-reactive ketones (excluding diaryl/α,β-unsaturated/α-hetero) is 1. The van der Waals surface area contributed by atoms with E-state index in [0.717, 1.165) is 5.56 Å². The molecule has 0 radical (unpaired) electrons. The molecule has 0 saturated heterocycles. The molecule has 0 unspecified atom stereocenters. The van der Waals surface area contributed by atoms with E-state index in [1.165, 1.54) is 6.92 Å². The number of hydrogen-bond acceptors (Lipinski definition) is 2. The predicted molar refractivity (Wildman–Crippen MR) is 89.8 cm³/mol. The number of rotatable bonds is 6. The summed E-state index contributed by atoms with van der Waals surface area (Å²) in [6.45, 7) is 2.14. The highest BCUT2D eigenvalue weighted by Crippen LogP contribution is 2.20. The Hall–Kier alpha value is -1.91. The van der Waals surface area contributed by atoms with E-state index in [-0.39, 0.29) is 18.2 Å². The van der Waals surface area contributed by atoms with Crippen LogP contribution in [0.5, 0.6) is 0 Å². The van der Waals surface area contributed by atoms with E-state index in [2.05, 4.69) is 5.32 Å². The molecule has 120 valence electrons. The molecule has 0 fully saturated rings. The standard InChI is InChI=1S/C17H16Cl2N2O2/c1-12(22)14-3-2-8-21(10-14)11-17(23)20-7-6-13-4-5-15(18)9-16(13)19/h2-5,8-10H,6-7,11H2,1H3/p+1. The molecule has 0 atom stereocenters. The maximum atomic E-state index is 12.0. The Kier molecular flexibility index (Phi) is 6.13. The molecular formula is C17H17Cl2N2O2+. The Morgan fingerprint density at radius 3 is 2.70 bits per heavy atom. The van der Waals surface area contributed by atoms with Crippen LogP contribution in [0.25, 0.3) is 0 Å². The fraction of sp³-hybridized carbons (Fsp3) is 0.235. The Morgan fingerprint density at radius 2 is 2.00 bits per heavy atom. The number of halogens is 2. The lowest BCUT2D eigenvalue weighted by molar-refractivity contribution is -0.684. The molecule has 1 amide bonds. The summed E-state index contributed by atoms with van der Waals surface area (Å²) in [4.78, 5) is 23.3. The van der Waals surface area contributed by atoms with Crippen LogP contribution in [0.3, 0.4) is 0 Å². The molecule has 2 aromatic rings. The molecule has 0 aliphatic carbocycles. The van der Waals surface area contributed by atoms with E-state index in [4.69, 9.17) is 23.2 Å². The van der Waals surface area contributed by atoms with Crippen LogP contribution in [0, 0.1) is 0 Å². The molecule has 0 saturated carbocycles. The smallest absolute Gasteiger partial charge is 0.285 e. The van der Waals surface area contributed by atoms with E-state index in [9.17, 15) is 9.59 Å². The van der Waals surface area contributed by atoms with Crippen LogP contribution in [-0.4, -0.2) is 18.2 Å². The Balaban J connectivity index is 1.85. The van der Waals surface area contributed by atoms with Gasteiger partial charge in [0.15, 0.2) is 18.2 Å². The van der Waals surface area contributed by atoms with Crippen molar-refractivity contribution in [3.63, 3.8) is 0 Å². The number of benzene rings is 1. The number of hydrogen-bond donors (Lipinski definition) is 1. The van der Waals surface area contributed by atoms with Crippen molar-refractivity contribution in [1.82, 2.24) is 5.32 Å². The number of carbonyl (C=O) groups is 2. The maximum Gasteiger partial charge on any atom is 0.285 e. The van der Waals surface area contributed by atoms with E-state index in [1.807, 2.05) is 6.07 Å².